The molecule has 0 fully saturated rings. The van der Waals surface area contributed by atoms with Crippen LogP contribution in [0, 0.1) is 0 Å². The van der Waals surface area contributed by atoms with Crippen LogP contribution in [0.3, 0.4) is 0 Å². The van der Waals surface area contributed by atoms with E-state index in [1.54, 1.807) is 0 Å². The molecule has 0 bridgehead atoms. The number of benzene rings is 1. The van der Waals surface area contributed by atoms with Crippen molar-refractivity contribution in [3.05, 3.63) is 33.0 Å². The van der Waals surface area contributed by atoms with Gasteiger partial charge in [-0.2, -0.15) is 70.2 Å². The molecular formula is C26H10F14N6O4S3. The molecule has 4 N–H and O–H groups in total. The third-order valence-corrected chi connectivity index (χ3v) is 10.7. The van der Waals surface area contributed by atoms with Crippen LogP contribution in [0.1, 0.15) is 40.1 Å². The van der Waals surface area contributed by atoms with Crippen molar-refractivity contribution in [1.29, 1.82) is 0 Å². The molecule has 0 unspecified atom stereocenters. The van der Waals surface area contributed by atoms with Gasteiger partial charge in [0.2, 0.25) is 0 Å². The van der Waals surface area contributed by atoms with E-state index in [2.05, 4.69) is 8.75 Å². The molecule has 4 aromatic rings. The molecular weight excluding hydrogens is 822 g/mol. The number of rotatable bonds is 8. The molecule has 2 aliphatic rings. The molecule has 3 aromatic heterocycles. The summed E-state index contributed by atoms with van der Waals surface area (Å²) < 4.78 is 194. The first kappa shape index (κ1) is 38.1. The van der Waals surface area contributed by atoms with E-state index in [1.165, 1.54) is 0 Å². The Balaban J connectivity index is 1.33. The highest BCUT2D eigenvalue weighted by Gasteiger charge is 2.75. The van der Waals surface area contributed by atoms with Crippen LogP contribution in [0.25, 0.3) is 31.9 Å². The van der Waals surface area contributed by atoms with Crippen LogP contribution in [0.4, 0.5) is 72.8 Å². The van der Waals surface area contributed by atoms with Gasteiger partial charge in [0, 0.05) is 20.9 Å². The maximum atomic E-state index is 14.1. The lowest BCUT2D eigenvalue weighted by molar-refractivity contribution is -0.354. The predicted molar refractivity (Wildman–Crippen MR) is 155 cm³/mol. The number of imide groups is 2. The van der Waals surface area contributed by atoms with E-state index in [4.69, 9.17) is 11.5 Å². The Morgan fingerprint density at radius 2 is 0.868 bits per heavy atom. The van der Waals surface area contributed by atoms with Crippen molar-refractivity contribution in [1.82, 2.24) is 18.5 Å². The standard InChI is InChI=1S/C26H10F14N6O4S3/c27-21(28,23(31,32)25(35,36)37)3-45-17(47)5-1-7(51-15(5)19(45)49)9-11(41)12(42)10(14-13(9)43-53-44-14)8-2-6-16(52-8)20(50)46(18(6)48)4-22(29,30)24(33,34)26(38,39)40/h1-2H,3-4,41-42H2. The Kier molecular flexibility index (Phi) is 8.21. The number of hydrogen-bond donors (Lipinski definition) is 2. The van der Waals surface area contributed by atoms with Crippen molar-refractivity contribution >= 4 is 80.4 Å². The smallest absolute Gasteiger partial charge is 0.396 e. The minimum absolute atomic E-state index is 0.136. The summed E-state index contributed by atoms with van der Waals surface area (Å²) in [6, 6.07) is 1.74. The topological polar surface area (TPSA) is 153 Å². The molecule has 10 nitrogen and oxygen atoms in total. The van der Waals surface area contributed by atoms with E-state index in [9.17, 15) is 80.6 Å². The molecule has 0 saturated carbocycles. The molecule has 0 atom stereocenters. The number of thiophene rings is 2. The molecule has 0 saturated heterocycles. The van der Waals surface area contributed by atoms with Crippen LogP contribution in [0.15, 0.2) is 12.1 Å². The van der Waals surface area contributed by atoms with Gasteiger partial charge in [0.05, 0.1) is 47.3 Å². The SMILES string of the molecule is Nc1c(N)c(-c2cc3c(s2)C(=O)N(CC(F)(F)C(F)(F)C(F)(F)F)C3=O)c2nsnc2c1-c1cc2c(s1)C(=O)N(CC(F)(F)C(F)(F)C(F)(F)F)C2=O. The number of aromatic nitrogens is 2. The number of amides is 4. The second-order valence-electron chi connectivity index (χ2n) is 11.2. The highest BCUT2D eigenvalue weighted by molar-refractivity contribution is 7.19. The third kappa shape index (κ3) is 5.31. The maximum absolute atomic E-state index is 14.1. The number of halogens is 14. The summed E-state index contributed by atoms with van der Waals surface area (Å²) in [5, 5.41) is 0. The van der Waals surface area contributed by atoms with Gasteiger partial charge >= 0.3 is 36.0 Å². The highest BCUT2D eigenvalue weighted by atomic mass is 32.1. The number of carbonyl (C=O) groups excluding carboxylic acids is 4. The van der Waals surface area contributed by atoms with E-state index in [0.29, 0.717) is 34.4 Å². The number of nitrogen functional groups attached to an aromatic ring is 2. The molecule has 5 heterocycles. The quantitative estimate of drug-likeness (QED) is 0.108. The number of alkyl halides is 14. The first-order chi connectivity index (χ1) is 24.1. The zero-order chi connectivity index (χ0) is 39.8. The van der Waals surface area contributed by atoms with Gasteiger partial charge in [-0.25, -0.2) is 0 Å². The molecule has 284 valence electrons. The van der Waals surface area contributed by atoms with E-state index < -0.39 is 115 Å². The molecule has 1 aromatic carbocycles. The molecule has 53 heavy (non-hydrogen) atoms. The number of carbonyl (C=O) groups is 4. The minimum atomic E-state index is -6.73. The third-order valence-electron chi connectivity index (χ3n) is 7.92. The molecule has 0 radical (unpaired) electrons. The second-order valence-corrected chi connectivity index (χ2v) is 13.8. The predicted octanol–water partition coefficient (Wildman–Crippen LogP) is 7.17. The summed E-state index contributed by atoms with van der Waals surface area (Å²) >= 11 is 1.21. The summed E-state index contributed by atoms with van der Waals surface area (Å²) in [7, 11) is 0. The summed E-state index contributed by atoms with van der Waals surface area (Å²) in [6.07, 6.45) is -13.5. The molecule has 0 aliphatic carbocycles. The minimum Gasteiger partial charge on any atom is -0.396 e. The van der Waals surface area contributed by atoms with E-state index in [0.717, 1.165) is 12.1 Å². The summed E-state index contributed by atoms with van der Waals surface area (Å²) in [5.74, 6) is -31.7. The van der Waals surface area contributed by atoms with Crippen LogP contribution in [-0.2, 0) is 0 Å². The second kappa shape index (κ2) is 11.4. The average molecular weight is 833 g/mol. The van der Waals surface area contributed by atoms with Gasteiger partial charge in [0.15, 0.2) is 0 Å². The monoisotopic (exact) mass is 832 g/mol. The molecule has 2 aliphatic heterocycles. The van der Waals surface area contributed by atoms with Crippen molar-refractivity contribution in [3.8, 4) is 20.9 Å². The first-order valence-electron chi connectivity index (χ1n) is 13.6. The van der Waals surface area contributed by atoms with Gasteiger partial charge in [-0.15, -0.1) is 22.7 Å². The first-order valence-corrected chi connectivity index (χ1v) is 15.9. The molecule has 0 spiro atoms. The lowest BCUT2D eigenvalue weighted by Crippen LogP contribution is -2.57. The number of anilines is 2. The molecule has 27 heteroatoms. The Morgan fingerprint density at radius 3 is 1.15 bits per heavy atom. The number of fused-ring (bicyclic) bond motifs is 3. The maximum Gasteiger partial charge on any atom is 0.459 e. The van der Waals surface area contributed by atoms with Crippen LogP contribution >= 0.6 is 34.4 Å². The highest BCUT2D eigenvalue weighted by Crippen LogP contribution is 2.52. The lowest BCUT2D eigenvalue weighted by Gasteiger charge is -2.30. The van der Waals surface area contributed by atoms with Gasteiger partial charge in [-0.1, -0.05) is 0 Å². The van der Waals surface area contributed by atoms with Gasteiger partial charge in [0.1, 0.15) is 20.8 Å². The Labute approximate surface area is 293 Å². The van der Waals surface area contributed by atoms with Crippen molar-refractivity contribution in [3.63, 3.8) is 0 Å². The number of hydrogen-bond acceptors (Lipinski definition) is 11. The fourth-order valence-electron chi connectivity index (χ4n) is 5.22. The van der Waals surface area contributed by atoms with Crippen molar-refractivity contribution in [2.75, 3.05) is 24.6 Å². The van der Waals surface area contributed by atoms with E-state index in [1.807, 2.05) is 0 Å². The van der Waals surface area contributed by atoms with Crippen molar-refractivity contribution < 1.29 is 80.6 Å². The van der Waals surface area contributed by atoms with Crippen molar-refractivity contribution in [2.45, 2.75) is 36.0 Å². The van der Waals surface area contributed by atoms with E-state index in [-0.39, 0.29) is 31.9 Å². The molecule has 4 amide bonds. The van der Waals surface area contributed by atoms with Crippen LogP contribution in [0.5, 0.6) is 0 Å². The largest absolute Gasteiger partial charge is 0.459 e. The average Bonchev–Trinajstić information content (AvgIpc) is 3.84. The van der Waals surface area contributed by atoms with Crippen LogP contribution in [0.2, 0.25) is 0 Å². The molecule has 6 rings (SSSR count). The summed E-state index contributed by atoms with van der Waals surface area (Å²) in [6.45, 7) is -5.26. The fourth-order valence-corrected chi connectivity index (χ4v) is 8.10. The Morgan fingerprint density at radius 1 is 0.547 bits per heavy atom. The van der Waals surface area contributed by atoms with Gasteiger partial charge in [-0.05, 0) is 12.1 Å². The van der Waals surface area contributed by atoms with Gasteiger partial charge in [-0.3, -0.25) is 29.0 Å². The lowest BCUT2D eigenvalue weighted by atomic mass is 10.00. The van der Waals surface area contributed by atoms with Gasteiger partial charge in [0.25, 0.3) is 23.6 Å². The Hall–Kier alpha value is -4.66. The number of nitrogens with zero attached hydrogens (tertiary/aromatic N) is 4. The summed E-state index contributed by atoms with van der Waals surface area (Å²) in [5.41, 5.74) is 9.66. The Bertz CT molecular complexity index is 2050. The van der Waals surface area contributed by atoms with Crippen molar-refractivity contribution in [2.24, 2.45) is 0 Å². The van der Waals surface area contributed by atoms with Crippen LogP contribution in [-0.4, -0.2) is 91.3 Å². The normalized spacial score (nSPS) is 16.1. The zero-order valence-electron chi connectivity index (χ0n) is 24.7. The summed E-state index contributed by atoms with van der Waals surface area (Å²) in [4.78, 5) is 48.7. The fraction of sp³-hybridized carbons (Fsp3) is 0.308. The van der Waals surface area contributed by atoms with Gasteiger partial charge < -0.3 is 11.5 Å². The van der Waals surface area contributed by atoms with Crippen LogP contribution < -0.4 is 11.5 Å². The number of nitrogens with two attached hydrogens (primary N) is 2. The zero-order valence-corrected chi connectivity index (χ0v) is 27.1. The van der Waals surface area contributed by atoms with E-state index >= 15 is 0 Å².